The van der Waals surface area contributed by atoms with Crippen LogP contribution in [0.4, 0.5) is 0 Å². The van der Waals surface area contributed by atoms with Gasteiger partial charge in [0.2, 0.25) is 0 Å². The molecule has 2 aliphatic rings. The van der Waals surface area contributed by atoms with Crippen molar-refractivity contribution < 1.29 is 0 Å². The average Bonchev–Trinajstić information content (AvgIpc) is 2.79. The molecule has 0 aromatic heterocycles. The van der Waals surface area contributed by atoms with Crippen molar-refractivity contribution in [3.8, 4) is 0 Å². The van der Waals surface area contributed by atoms with Crippen molar-refractivity contribution >= 4 is 0 Å². The van der Waals surface area contributed by atoms with Crippen LogP contribution in [0.25, 0.3) is 0 Å². The SMILES string of the molecule is CC(C1CC1)N1CCC(C(C)(C)C)C1. The van der Waals surface area contributed by atoms with Crippen LogP contribution in [0.5, 0.6) is 0 Å². The topological polar surface area (TPSA) is 3.24 Å². The standard InChI is InChI=1S/C13H25N/c1-10(11-5-6-11)14-8-7-12(9-14)13(2,3)4/h10-12H,5-9H2,1-4H3. The second kappa shape index (κ2) is 3.52. The molecule has 82 valence electrons. The fourth-order valence-corrected chi connectivity index (χ4v) is 2.74. The highest BCUT2D eigenvalue weighted by atomic mass is 15.2. The van der Waals surface area contributed by atoms with Crippen molar-refractivity contribution in [2.45, 2.75) is 53.0 Å². The summed E-state index contributed by atoms with van der Waals surface area (Å²) in [4.78, 5) is 2.73. The van der Waals surface area contributed by atoms with E-state index in [9.17, 15) is 0 Å². The molecule has 1 saturated heterocycles. The quantitative estimate of drug-likeness (QED) is 0.654. The van der Waals surface area contributed by atoms with Crippen LogP contribution in [0, 0.1) is 17.3 Å². The van der Waals surface area contributed by atoms with Gasteiger partial charge in [-0.1, -0.05) is 20.8 Å². The summed E-state index contributed by atoms with van der Waals surface area (Å²) >= 11 is 0. The van der Waals surface area contributed by atoms with E-state index in [0.717, 1.165) is 17.9 Å². The van der Waals surface area contributed by atoms with Gasteiger partial charge in [-0.3, -0.25) is 0 Å². The minimum absolute atomic E-state index is 0.512. The van der Waals surface area contributed by atoms with Crippen LogP contribution in [0.1, 0.15) is 47.0 Å². The molecule has 2 fully saturated rings. The van der Waals surface area contributed by atoms with E-state index in [-0.39, 0.29) is 0 Å². The van der Waals surface area contributed by atoms with Crippen LogP contribution < -0.4 is 0 Å². The third-order valence-corrected chi connectivity index (χ3v) is 4.32. The van der Waals surface area contributed by atoms with E-state index in [1.807, 2.05) is 0 Å². The first-order chi connectivity index (χ1) is 6.48. The highest BCUT2D eigenvalue weighted by molar-refractivity contribution is 4.91. The Labute approximate surface area is 88.9 Å². The van der Waals surface area contributed by atoms with Gasteiger partial charge in [-0.05, 0) is 50.0 Å². The van der Waals surface area contributed by atoms with Crippen LogP contribution >= 0.6 is 0 Å². The van der Waals surface area contributed by atoms with Gasteiger partial charge in [0, 0.05) is 12.6 Å². The summed E-state index contributed by atoms with van der Waals surface area (Å²) in [6, 6.07) is 0.863. The highest BCUT2D eigenvalue weighted by Crippen LogP contribution is 2.40. The summed E-state index contributed by atoms with van der Waals surface area (Å²) in [6.07, 6.45) is 4.39. The first kappa shape index (κ1) is 10.5. The van der Waals surface area contributed by atoms with Gasteiger partial charge >= 0.3 is 0 Å². The van der Waals surface area contributed by atoms with Crippen LogP contribution in [0.2, 0.25) is 0 Å². The van der Waals surface area contributed by atoms with E-state index in [0.29, 0.717) is 5.41 Å². The first-order valence-corrected chi connectivity index (χ1v) is 6.22. The second-order valence-electron chi connectivity index (χ2n) is 6.42. The zero-order valence-corrected chi connectivity index (χ0v) is 10.2. The molecule has 0 bridgehead atoms. The molecule has 1 heterocycles. The lowest BCUT2D eigenvalue weighted by Gasteiger charge is -2.29. The molecule has 0 spiro atoms. The fraction of sp³-hybridized carbons (Fsp3) is 1.00. The smallest absolute Gasteiger partial charge is 0.00953 e. The Morgan fingerprint density at radius 3 is 2.21 bits per heavy atom. The van der Waals surface area contributed by atoms with Crippen LogP contribution in [-0.4, -0.2) is 24.0 Å². The third-order valence-electron chi connectivity index (χ3n) is 4.32. The molecule has 0 N–H and O–H groups in total. The van der Waals surface area contributed by atoms with Gasteiger partial charge < -0.3 is 4.90 Å². The predicted molar refractivity (Wildman–Crippen MR) is 61.3 cm³/mol. The van der Waals surface area contributed by atoms with Gasteiger partial charge in [0.1, 0.15) is 0 Å². The van der Waals surface area contributed by atoms with Crippen molar-refractivity contribution in [3.05, 3.63) is 0 Å². The van der Waals surface area contributed by atoms with Crippen LogP contribution in [0.15, 0.2) is 0 Å². The maximum atomic E-state index is 2.73. The normalized spacial score (nSPS) is 32.1. The Bertz CT molecular complexity index is 200. The van der Waals surface area contributed by atoms with E-state index >= 15 is 0 Å². The Kier molecular flexibility index (Phi) is 2.63. The minimum atomic E-state index is 0.512. The largest absolute Gasteiger partial charge is 0.300 e. The molecule has 2 atom stereocenters. The molecule has 0 aromatic rings. The number of hydrogen-bond donors (Lipinski definition) is 0. The molecule has 2 unspecified atom stereocenters. The van der Waals surface area contributed by atoms with Gasteiger partial charge in [-0.25, -0.2) is 0 Å². The molecule has 1 nitrogen and oxygen atoms in total. The van der Waals surface area contributed by atoms with Crippen molar-refractivity contribution in [3.63, 3.8) is 0 Å². The lowest BCUT2D eigenvalue weighted by Crippen LogP contribution is -2.34. The summed E-state index contributed by atoms with van der Waals surface area (Å²) in [5.41, 5.74) is 0.512. The Balaban J connectivity index is 1.87. The lowest BCUT2D eigenvalue weighted by molar-refractivity contribution is 0.190. The summed E-state index contributed by atoms with van der Waals surface area (Å²) in [5, 5.41) is 0. The van der Waals surface area contributed by atoms with Crippen molar-refractivity contribution in [2.24, 2.45) is 17.3 Å². The summed E-state index contributed by atoms with van der Waals surface area (Å²) < 4.78 is 0. The molecule has 1 aliphatic carbocycles. The zero-order valence-electron chi connectivity index (χ0n) is 10.2. The van der Waals surface area contributed by atoms with Gasteiger partial charge in [0.25, 0.3) is 0 Å². The number of nitrogens with zero attached hydrogens (tertiary/aromatic N) is 1. The van der Waals surface area contributed by atoms with Crippen LogP contribution in [0.3, 0.4) is 0 Å². The Morgan fingerprint density at radius 2 is 1.79 bits per heavy atom. The van der Waals surface area contributed by atoms with Crippen molar-refractivity contribution in [2.75, 3.05) is 13.1 Å². The van der Waals surface area contributed by atoms with Crippen molar-refractivity contribution in [1.29, 1.82) is 0 Å². The average molecular weight is 195 g/mol. The molecule has 0 amide bonds. The second-order valence-corrected chi connectivity index (χ2v) is 6.42. The molecule has 1 heteroatoms. The summed E-state index contributed by atoms with van der Waals surface area (Å²) in [5.74, 6) is 1.96. The molecular formula is C13H25N. The van der Waals surface area contributed by atoms with E-state index in [1.165, 1.54) is 32.4 Å². The van der Waals surface area contributed by atoms with E-state index in [2.05, 4.69) is 32.6 Å². The van der Waals surface area contributed by atoms with Gasteiger partial charge in [-0.15, -0.1) is 0 Å². The predicted octanol–water partition coefficient (Wildman–Crippen LogP) is 3.15. The number of hydrogen-bond acceptors (Lipinski definition) is 1. The maximum absolute atomic E-state index is 2.73. The van der Waals surface area contributed by atoms with Gasteiger partial charge in [0.05, 0.1) is 0 Å². The Morgan fingerprint density at radius 1 is 1.14 bits per heavy atom. The maximum Gasteiger partial charge on any atom is 0.00953 e. The molecule has 1 saturated carbocycles. The molecule has 0 aromatic carbocycles. The monoisotopic (exact) mass is 195 g/mol. The third kappa shape index (κ3) is 2.13. The van der Waals surface area contributed by atoms with E-state index in [1.54, 1.807) is 0 Å². The number of likely N-dealkylation sites (tertiary alicyclic amines) is 1. The molecule has 0 radical (unpaired) electrons. The molecule has 1 aliphatic heterocycles. The highest BCUT2D eigenvalue weighted by Gasteiger charge is 2.38. The van der Waals surface area contributed by atoms with Gasteiger partial charge in [-0.2, -0.15) is 0 Å². The Hall–Kier alpha value is -0.0400. The molecule has 14 heavy (non-hydrogen) atoms. The van der Waals surface area contributed by atoms with Crippen molar-refractivity contribution in [1.82, 2.24) is 4.90 Å². The lowest BCUT2D eigenvalue weighted by atomic mass is 9.80. The fourth-order valence-electron chi connectivity index (χ4n) is 2.74. The minimum Gasteiger partial charge on any atom is -0.300 e. The van der Waals surface area contributed by atoms with Gasteiger partial charge in [0.15, 0.2) is 0 Å². The summed E-state index contributed by atoms with van der Waals surface area (Å²) in [6.45, 7) is 12.3. The molecule has 2 rings (SSSR count). The summed E-state index contributed by atoms with van der Waals surface area (Å²) in [7, 11) is 0. The van der Waals surface area contributed by atoms with E-state index in [4.69, 9.17) is 0 Å². The first-order valence-electron chi connectivity index (χ1n) is 6.22. The number of rotatable bonds is 2. The zero-order chi connectivity index (χ0) is 10.3. The van der Waals surface area contributed by atoms with E-state index < -0.39 is 0 Å². The molecular weight excluding hydrogens is 170 g/mol. The van der Waals surface area contributed by atoms with Crippen LogP contribution in [-0.2, 0) is 0 Å².